The summed E-state index contributed by atoms with van der Waals surface area (Å²) in [6.07, 6.45) is 0. The number of thiophene rings is 1. The second-order valence-electron chi connectivity index (χ2n) is 6.94. The van der Waals surface area contributed by atoms with Crippen LogP contribution in [0.25, 0.3) is 0 Å². The topological polar surface area (TPSA) is 63.2 Å². The molecule has 4 nitrogen and oxygen atoms in total. The van der Waals surface area contributed by atoms with Gasteiger partial charge in [0.25, 0.3) is 5.91 Å². The van der Waals surface area contributed by atoms with Crippen LogP contribution in [0.15, 0.2) is 32.9 Å². The molecule has 0 fully saturated rings. The van der Waals surface area contributed by atoms with E-state index in [0.29, 0.717) is 16.1 Å². The van der Waals surface area contributed by atoms with Gasteiger partial charge in [-0.2, -0.15) is 0 Å². The summed E-state index contributed by atoms with van der Waals surface area (Å²) in [4.78, 5) is 13.1. The predicted octanol–water partition coefficient (Wildman–Crippen LogP) is 5.03. The highest BCUT2D eigenvalue weighted by atomic mass is 79.9. The number of aryl methyl sites for hydroxylation is 1. The van der Waals surface area contributed by atoms with Gasteiger partial charge in [-0.05, 0) is 52.5 Å². The van der Waals surface area contributed by atoms with Crippen molar-refractivity contribution in [1.82, 2.24) is 0 Å². The van der Waals surface area contributed by atoms with Gasteiger partial charge in [-0.3, -0.25) is 4.79 Å². The van der Waals surface area contributed by atoms with Crippen molar-refractivity contribution in [2.75, 3.05) is 11.1 Å². The van der Waals surface area contributed by atoms with Crippen LogP contribution in [-0.4, -0.2) is 20.1 Å². The maximum absolute atomic E-state index is 13.3. The molecule has 136 valence electrons. The Balaban J connectivity index is 2.27. The number of hydrogen-bond donors (Lipinski definition) is 1. The number of sulfone groups is 1. The summed E-state index contributed by atoms with van der Waals surface area (Å²) >= 11 is 4.15. The van der Waals surface area contributed by atoms with E-state index in [0.717, 1.165) is 11.3 Å². The third kappa shape index (κ3) is 5.12. The molecule has 0 aliphatic heterocycles. The largest absolute Gasteiger partial charge is 0.322 e. The Kier molecular flexibility index (Phi) is 5.75. The fourth-order valence-corrected chi connectivity index (χ4v) is 6.01. The summed E-state index contributed by atoms with van der Waals surface area (Å²) in [5.41, 5.74) is 0.348. The zero-order chi connectivity index (χ0) is 19.0. The second-order valence-corrected chi connectivity index (χ2v) is 11.3. The van der Waals surface area contributed by atoms with Gasteiger partial charge in [0, 0.05) is 10.6 Å². The molecule has 1 aromatic carbocycles. The third-order valence-electron chi connectivity index (χ3n) is 3.25. The van der Waals surface area contributed by atoms with Crippen LogP contribution in [0.2, 0.25) is 0 Å². The molecule has 0 radical (unpaired) electrons. The molecular formula is C17H19BrFNO3S2. The number of anilines is 1. The molecule has 0 unspecified atom stereocenters. The molecule has 0 atom stereocenters. The molecule has 1 amide bonds. The fourth-order valence-electron chi connectivity index (χ4n) is 2.25. The average Bonchev–Trinajstić information content (AvgIpc) is 2.83. The van der Waals surface area contributed by atoms with Crippen LogP contribution in [-0.2, 0) is 9.84 Å². The van der Waals surface area contributed by atoms with Crippen molar-refractivity contribution in [2.24, 2.45) is 5.41 Å². The molecule has 2 aromatic rings. The van der Waals surface area contributed by atoms with E-state index in [9.17, 15) is 17.6 Å². The molecule has 0 bridgehead atoms. The molecule has 1 heterocycles. The van der Waals surface area contributed by atoms with Gasteiger partial charge in [-0.1, -0.05) is 20.8 Å². The number of halogens is 2. The number of amides is 1. The number of benzene rings is 1. The van der Waals surface area contributed by atoms with Crippen molar-refractivity contribution in [2.45, 2.75) is 31.9 Å². The van der Waals surface area contributed by atoms with Crippen LogP contribution in [0.3, 0.4) is 0 Å². The molecule has 1 aromatic heterocycles. The van der Waals surface area contributed by atoms with Gasteiger partial charge in [0.1, 0.15) is 10.0 Å². The van der Waals surface area contributed by atoms with E-state index >= 15 is 0 Å². The first-order chi connectivity index (χ1) is 11.4. The Hall–Kier alpha value is -1.25. The molecule has 0 saturated heterocycles. The molecule has 2 rings (SSSR count). The molecule has 0 spiro atoms. The Morgan fingerprint density at radius 1 is 1.28 bits per heavy atom. The zero-order valence-electron chi connectivity index (χ0n) is 14.3. The average molecular weight is 448 g/mol. The van der Waals surface area contributed by atoms with Crippen LogP contribution >= 0.6 is 27.3 Å². The van der Waals surface area contributed by atoms with E-state index in [1.807, 2.05) is 20.8 Å². The molecule has 0 aliphatic carbocycles. The van der Waals surface area contributed by atoms with E-state index in [2.05, 4.69) is 21.2 Å². The summed E-state index contributed by atoms with van der Waals surface area (Å²) in [5, 5.41) is 2.66. The fraction of sp³-hybridized carbons (Fsp3) is 0.353. The van der Waals surface area contributed by atoms with E-state index in [4.69, 9.17) is 0 Å². The van der Waals surface area contributed by atoms with Crippen molar-refractivity contribution >= 4 is 48.7 Å². The lowest BCUT2D eigenvalue weighted by atomic mass is 10.0. The standard InChI is InChI=1S/C17H19BrFNO3S2/c1-10-12(8-15(24-10)25(22,23)9-17(2,3)4)16(21)20-11-5-6-14(19)13(18)7-11/h5-8H,9H2,1-4H3,(H,20,21). The number of hydrogen-bond acceptors (Lipinski definition) is 4. The first-order valence-electron chi connectivity index (χ1n) is 7.49. The summed E-state index contributed by atoms with van der Waals surface area (Å²) in [7, 11) is -3.46. The van der Waals surface area contributed by atoms with Crippen molar-refractivity contribution < 1.29 is 17.6 Å². The SMILES string of the molecule is Cc1sc(S(=O)(=O)CC(C)(C)C)cc1C(=O)Nc1ccc(F)c(Br)c1. The smallest absolute Gasteiger partial charge is 0.256 e. The van der Waals surface area contributed by atoms with Crippen molar-refractivity contribution in [3.05, 3.63) is 45.0 Å². The summed E-state index contributed by atoms with van der Waals surface area (Å²) < 4.78 is 38.7. The number of carbonyl (C=O) groups excluding carboxylic acids is 1. The van der Waals surface area contributed by atoms with E-state index < -0.39 is 21.6 Å². The molecule has 0 saturated carbocycles. The van der Waals surface area contributed by atoms with Crippen LogP contribution in [0.4, 0.5) is 10.1 Å². The van der Waals surface area contributed by atoms with E-state index in [1.165, 1.54) is 24.3 Å². The van der Waals surface area contributed by atoms with Crippen molar-refractivity contribution in [3.8, 4) is 0 Å². The molecule has 0 aliphatic rings. The van der Waals surface area contributed by atoms with E-state index in [1.54, 1.807) is 6.92 Å². The van der Waals surface area contributed by atoms with E-state index in [-0.39, 0.29) is 19.8 Å². The van der Waals surface area contributed by atoms with Crippen molar-refractivity contribution in [3.63, 3.8) is 0 Å². The quantitative estimate of drug-likeness (QED) is 0.714. The lowest BCUT2D eigenvalue weighted by Crippen LogP contribution is -2.20. The molecule has 8 heteroatoms. The van der Waals surface area contributed by atoms with Crippen LogP contribution in [0, 0.1) is 18.2 Å². The minimum Gasteiger partial charge on any atom is -0.322 e. The van der Waals surface area contributed by atoms with Gasteiger partial charge in [0.15, 0.2) is 9.84 Å². The monoisotopic (exact) mass is 447 g/mol. The molecule has 1 N–H and O–H groups in total. The van der Waals surface area contributed by atoms with Crippen LogP contribution in [0.1, 0.15) is 36.0 Å². The normalized spacial score (nSPS) is 12.2. The van der Waals surface area contributed by atoms with Crippen molar-refractivity contribution in [1.29, 1.82) is 0 Å². The molecular weight excluding hydrogens is 429 g/mol. The third-order valence-corrected chi connectivity index (χ3v) is 7.69. The van der Waals surface area contributed by atoms with Gasteiger partial charge in [-0.15, -0.1) is 11.3 Å². The lowest BCUT2D eigenvalue weighted by Gasteiger charge is -2.16. The van der Waals surface area contributed by atoms with Crippen LogP contribution in [0.5, 0.6) is 0 Å². The Labute approximate surface area is 159 Å². The first kappa shape index (κ1) is 20.1. The maximum atomic E-state index is 13.3. The summed E-state index contributed by atoms with van der Waals surface area (Å²) in [5.74, 6) is -0.851. The van der Waals surface area contributed by atoms with Gasteiger partial charge in [0.05, 0.1) is 15.8 Å². The van der Waals surface area contributed by atoms with Gasteiger partial charge < -0.3 is 5.32 Å². The van der Waals surface area contributed by atoms with Gasteiger partial charge in [-0.25, -0.2) is 12.8 Å². The minimum absolute atomic E-state index is 0.00587. The second kappa shape index (κ2) is 7.17. The predicted molar refractivity (Wildman–Crippen MR) is 103 cm³/mol. The first-order valence-corrected chi connectivity index (χ1v) is 10.7. The van der Waals surface area contributed by atoms with Gasteiger partial charge >= 0.3 is 0 Å². The minimum atomic E-state index is -3.46. The van der Waals surface area contributed by atoms with Gasteiger partial charge in [0.2, 0.25) is 0 Å². The summed E-state index contributed by atoms with van der Waals surface area (Å²) in [6.45, 7) is 7.26. The molecule has 25 heavy (non-hydrogen) atoms. The Morgan fingerprint density at radius 3 is 2.48 bits per heavy atom. The number of nitrogens with one attached hydrogen (secondary N) is 1. The van der Waals surface area contributed by atoms with Crippen LogP contribution < -0.4 is 5.32 Å². The Bertz CT molecular complexity index is 914. The lowest BCUT2D eigenvalue weighted by molar-refractivity contribution is 0.102. The Morgan fingerprint density at radius 2 is 1.92 bits per heavy atom. The maximum Gasteiger partial charge on any atom is 0.256 e. The highest BCUT2D eigenvalue weighted by Crippen LogP contribution is 2.30. The summed E-state index contributed by atoms with van der Waals surface area (Å²) in [6, 6.07) is 5.54. The highest BCUT2D eigenvalue weighted by molar-refractivity contribution is 9.10. The number of carbonyl (C=O) groups is 1. The zero-order valence-corrected chi connectivity index (χ0v) is 17.5. The highest BCUT2D eigenvalue weighted by Gasteiger charge is 2.27. The number of rotatable bonds is 4.